The van der Waals surface area contributed by atoms with Crippen molar-refractivity contribution in [2.24, 2.45) is 0 Å². The Labute approximate surface area is 103 Å². The SMILES string of the molecule is CCN(CC1CCCO1)C(=O)CCCCCl. The second-order valence-electron chi connectivity index (χ2n) is 4.21. The molecule has 4 heteroatoms. The average Bonchev–Trinajstić information content (AvgIpc) is 2.78. The van der Waals surface area contributed by atoms with Gasteiger partial charge in [-0.25, -0.2) is 0 Å². The molecule has 1 aliphatic rings. The molecule has 1 atom stereocenters. The van der Waals surface area contributed by atoms with Gasteiger partial charge in [-0.15, -0.1) is 11.6 Å². The summed E-state index contributed by atoms with van der Waals surface area (Å²) in [6, 6.07) is 0. The molecule has 0 radical (unpaired) electrons. The molecule has 1 aliphatic heterocycles. The van der Waals surface area contributed by atoms with Crippen LogP contribution in [-0.4, -0.2) is 42.5 Å². The summed E-state index contributed by atoms with van der Waals surface area (Å²) in [7, 11) is 0. The summed E-state index contributed by atoms with van der Waals surface area (Å²) < 4.78 is 5.55. The van der Waals surface area contributed by atoms with Crippen LogP contribution >= 0.6 is 11.6 Å². The van der Waals surface area contributed by atoms with Crippen LogP contribution in [0.1, 0.15) is 39.0 Å². The van der Waals surface area contributed by atoms with E-state index in [-0.39, 0.29) is 12.0 Å². The number of ether oxygens (including phenoxy) is 1. The Bertz CT molecular complexity index is 205. The summed E-state index contributed by atoms with van der Waals surface area (Å²) >= 11 is 5.59. The number of alkyl halides is 1. The number of amides is 1. The van der Waals surface area contributed by atoms with E-state index in [2.05, 4.69) is 0 Å². The van der Waals surface area contributed by atoms with Crippen LogP contribution in [0.5, 0.6) is 0 Å². The Morgan fingerprint density at radius 2 is 2.31 bits per heavy atom. The van der Waals surface area contributed by atoms with E-state index in [0.29, 0.717) is 12.3 Å². The van der Waals surface area contributed by atoms with Gasteiger partial charge in [0.25, 0.3) is 0 Å². The summed E-state index contributed by atoms with van der Waals surface area (Å²) in [4.78, 5) is 13.8. The molecule has 0 saturated carbocycles. The molecule has 1 unspecified atom stereocenters. The van der Waals surface area contributed by atoms with Crippen molar-refractivity contribution in [1.82, 2.24) is 4.90 Å². The fourth-order valence-corrected chi connectivity index (χ4v) is 2.16. The van der Waals surface area contributed by atoms with Gasteiger partial charge in [-0.3, -0.25) is 4.79 Å². The van der Waals surface area contributed by atoms with Gasteiger partial charge in [0.05, 0.1) is 6.10 Å². The summed E-state index contributed by atoms with van der Waals surface area (Å²) in [6.07, 6.45) is 4.91. The largest absolute Gasteiger partial charge is 0.376 e. The van der Waals surface area contributed by atoms with Gasteiger partial charge in [-0.1, -0.05) is 0 Å². The van der Waals surface area contributed by atoms with Crippen molar-refractivity contribution < 1.29 is 9.53 Å². The van der Waals surface area contributed by atoms with E-state index in [9.17, 15) is 4.79 Å². The maximum atomic E-state index is 11.9. The molecular weight excluding hydrogens is 226 g/mol. The maximum absolute atomic E-state index is 11.9. The number of carbonyl (C=O) groups is 1. The third kappa shape index (κ3) is 4.71. The molecule has 94 valence electrons. The Hall–Kier alpha value is -0.280. The number of nitrogens with zero attached hydrogens (tertiary/aromatic N) is 1. The molecule has 0 bridgehead atoms. The summed E-state index contributed by atoms with van der Waals surface area (Å²) in [5.41, 5.74) is 0. The Kier molecular flexibility index (Phi) is 6.81. The van der Waals surface area contributed by atoms with Crippen molar-refractivity contribution in [2.45, 2.75) is 45.1 Å². The van der Waals surface area contributed by atoms with Gasteiger partial charge in [0, 0.05) is 32.0 Å². The van der Waals surface area contributed by atoms with Crippen LogP contribution in [0.4, 0.5) is 0 Å². The third-order valence-electron chi connectivity index (χ3n) is 2.96. The van der Waals surface area contributed by atoms with E-state index in [1.165, 1.54) is 0 Å². The predicted octanol–water partition coefficient (Wildman–Crippen LogP) is 2.42. The zero-order valence-corrected chi connectivity index (χ0v) is 10.8. The number of unbranched alkanes of at least 4 members (excludes halogenated alkanes) is 1. The zero-order valence-electron chi connectivity index (χ0n) is 10.1. The van der Waals surface area contributed by atoms with Gasteiger partial charge in [0.2, 0.25) is 5.91 Å². The highest BCUT2D eigenvalue weighted by atomic mass is 35.5. The molecule has 0 aliphatic carbocycles. The van der Waals surface area contributed by atoms with Crippen molar-refractivity contribution in [3.63, 3.8) is 0 Å². The van der Waals surface area contributed by atoms with Gasteiger partial charge in [-0.05, 0) is 32.6 Å². The van der Waals surface area contributed by atoms with E-state index >= 15 is 0 Å². The number of hydrogen-bond donors (Lipinski definition) is 0. The predicted molar refractivity (Wildman–Crippen MR) is 65.8 cm³/mol. The maximum Gasteiger partial charge on any atom is 0.222 e. The second kappa shape index (κ2) is 7.91. The first-order valence-corrected chi connectivity index (χ1v) is 6.76. The molecule has 0 aromatic rings. The van der Waals surface area contributed by atoms with E-state index in [1.54, 1.807) is 0 Å². The first-order chi connectivity index (χ1) is 7.77. The van der Waals surface area contributed by atoms with Crippen molar-refractivity contribution >= 4 is 17.5 Å². The highest BCUT2D eigenvalue weighted by Crippen LogP contribution is 2.14. The van der Waals surface area contributed by atoms with Gasteiger partial charge < -0.3 is 9.64 Å². The van der Waals surface area contributed by atoms with E-state index in [1.807, 2.05) is 11.8 Å². The number of rotatable bonds is 7. The lowest BCUT2D eigenvalue weighted by atomic mass is 10.2. The quantitative estimate of drug-likeness (QED) is 0.511. The lowest BCUT2D eigenvalue weighted by Gasteiger charge is -2.24. The Balaban J connectivity index is 2.25. The van der Waals surface area contributed by atoms with Gasteiger partial charge in [0.1, 0.15) is 0 Å². The Morgan fingerprint density at radius 3 is 2.88 bits per heavy atom. The van der Waals surface area contributed by atoms with Crippen LogP contribution in [0.2, 0.25) is 0 Å². The fraction of sp³-hybridized carbons (Fsp3) is 0.917. The fourth-order valence-electron chi connectivity index (χ4n) is 1.97. The van der Waals surface area contributed by atoms with Crippen molar-refractivity contribution in [3.8, 4) is 0 Å². The standard InChI is InChI=1S/C12H22ClNO2/c1-2-14(10-11-6-5-9-16-11)12(15)7-3-4-8-13/h11H,2-10H2,1H3. The molecule has 1 fully saturated rings. The van der Waals surface area contributed by atoms with Crippen molar-refractivity contribution in [2.75, 3.05) is 25.6 Å². The van der Waals surface area contributed by atoms with E-state index < -0.39 is 0 Å². The lowest BCUT2D eigenvalue weighted by molar-refractivity contribution is -0.132. The van der Waals surface area contributed by atoms with E-state index in [0.717, 1.165) is 45.4 Å². The number of halogens is 1. The molecule has 1 saturated heterocycles. The smallest absolute Gasteiger partial charge is 0.222 e. The summed E-state index contributed by atoms with van der Waals surface area (Å²) in [5.74, 6) is 0.883. The highest BCUT2D eigenvalue weighted by Gasteiger charge is 2.20. The molecule has 0 spiro atoms. The average molecular weight is 248 g/mol. The van der Waals surface area contributed by atoms with Gasteiger partial charge in [-0.2, -0.15) is 0 Å². The molecule has 0 N–H and O–H groups in total. The van der Waals surface area contributed by atoms with Crippen molar-refractivity contribution in [3.05, 3.63) is 0 Å². The molecule has 1 amide bonds. The number of likely N-dealkylation sites (N-methyl/N-ethyl adjacent to an activating group) is 1. The van der Waals surface area contributed by atoms with Crippen LogP contribution in [0, 0.1) is 0 Å². The van der Waals surface area contributed by atoms with Crippen LogP contribution in [0.15, 0.2) is 0 Å². The normalized spacial score (nSPS) is 20.0. The van der Waals surface area contributed by atoms with Gasteiger partial charge >= 0.3 is 0 Å². The van der Waals surface area contributed by atoms with Crippen molar-refractivity contribution in [1.29, 1.82) is 0 Å². The minimum absolute atomic E-state index is 0.239. The summed E-state index contributed by atoms with van der Waals surface area (Å²) in [6.45, 7) is 4.41. The molecule has 1 rings (SSSR count). The lowest BCUT2D eigenvalue weighted by Crippen LogP contribution is -2.37. The Morgan fingerprint density at radius 1 is 1.50 bits per heavy atom. The molecule has 1 heterocycles. The molecule has 16 heavy (non-hydrogen) atoms. The minimum atomic E-state index is 0.239. The van der Waals surface area contributed by atoms with Crippen LogP contribution < -0.4 is 0 Å². The summed E-state index contributed by atoms with van der Waals surface area (Å²) in [5, 5.41) is 0. The molecular formula is C12H22ClNO2. The van der Waals surface area contributed by atoms with Crippen LogP contribution in [-0.2, 0) is 9.53 Å². The zero-order chi connectivity index (χ0) is 11.8. The van der Waals surface area contributed by atoms with E-state index in [4.69, 9.17) is 16.3 Å². The van der Waals surface area contributed by atoms with Crippen LogP contribution in [0.3, 0.4) is 0 Å². The second-order valence-corrected chi connectivity index (χ2v) is 4.59. The molecule has 3 nitrogen and oxygen atoms in total. The van der Waals surface area contributed by atoms with Gasteiger partial charge in [0.15, 0.2) is 0 Å². The monoisotopic (exact) mass is 247 g/mol. The third-order valence-corrected chi connectivity index (χ3v) is 3.22. The highest BCUT2D eigenvalue weighted by molar-refractivity contribution is 6.17. The first kappa shape index (κ1) is 13.8. The molecule has 0 aromatic carbocycles. The topological polar surface area (TPSA) is 29.5 Å². The number of carbonyl (C=O) groups excluding carboxylic acids is 1. The van der Waals surface area contributed by atoms with Crippen LogP contribution in [0.25, 0.3) is 0 Å². The first-order valence-electron chi connectivity index (χ1n) is 6.23. The number of hydrogen-bond acceptors (Lipinski definition) is 2. The molecule has 0 aromatic heterocycles. The minimum Gasteiger partial charge on any atom is -0.376 e.